The second-order valence-electron chi connectivity index (χ2n) is 9.48. The molecule has 1 saturated carbocycles. The summed E-state index contributed by atoms with van der Waals surface area (Å²) in [5.74, 6) is 0.809. The molecule has 0 amide bonds. The van der Waals surface area contributed by atoms with E-state index in [4.69, 9.17) is 0 Å². The van der Waals surface area contributed by atoms with Gasteiger partial charge >= 0.3 is 0 Å². The number of aryl methyl sites for hydroxylation is 1. The smallest absolute Gasteiger partial charge is 0.253 e. The molecule has 8 nitrogen and oxygen atoms in total. The van der Waals surface area contributed by atoms with Crippen molar-refractivity contribution in [2.75, 3.05) is 32.7 Å². The Labute approximate surface area is 195 Å². The zero-order valence-electron chi connectivity index (χ0n) is 19.8. The minimum Gasteiger partial charge on any atom is -0.322 e. The molecule has 5 rings (SSSR count). The topological polar surface area (TPSA) is 82.9 Å². The van der Waals surface area contributed by atoms with Gasteiger partial charge in [0.15, 0.2) is 5.82 Å². The zero-order valence-corrected chi connectivity index (χ0v) is 19.8. The Kier molecular flexibility index (Phi) is 6.55. The first kappa shape index (κ1) is 22.2. The molecule has 0 radical (unpaired) electrons. The van der Waals surface area contributed by atoms with Crippen molar-refractivity contribution in [3.8, 4) is 0 Å². The number of tetrazole rings is 1. The Hall–Kier alpha value is -2.58. The van der Waals surface area contributed by atoms with Crippen molar-refractivity contribution in [2.24, 2.45) is 0 Å². The maximum absolute atomic E-state index is 13.4. The number of nitrogens with one attached hydrogen (secondary N) is 1. The summed E-state index contributed by atoms with van der Waals surface area (Å²) in [7, 11) is 0. The van der Waals surface area contributed by atoms with E-state index in [0.717, 1.165) is 74.3 Å². The van der Waals surface area contributed by atoms with Crippen molar-refractivity contribution < 1.29 is 0 Å². The number of aromatic nitrogens is 5. The lowest BCUT2D eigenvalue weighted by molar-refractivity contribution is 0.106. The SMILES string of the molecule is CCc1ccc2[nH]c(=O)c([C@@H](c3nnnn3C3CCCCC3)N3CCN(CC)CC3)cc2c1. The van der Waals surface area contributed by atoms with Gasteiger partial charge in [0.2, 0.25) is 0 Å². The molecule has 8 heteroatoms. The monoisotopic (exact) mass is 449 g/mol. The number of hydrogen-bond donors (Lipinski definition) is 1. The van der Waals surface area contributed by atoms with Gasteiger partial charge in [-0.3, -0.25) is 9.69 Å². The van der Waals surface area contributed by atoms with Gasteiger partial charge < -0.3 is 9.88 Å². The highest BCUT2D eigenvalue weighted by Gasteiger charge is 2.34. The predicted molar refractivity (Wildman–Crippen MR) is 129 cm³/mol. The molecule has 2 aromatic heterocycles. The number of rotatable bonds is 6. The molecule has 1 atom stereocenters. The van der Waals surface area contributed by atoms with Gasteiger partial charge in [0.1, 0.15) is 6.04 Å². The van der Waals surface area contributed by atoms with E-state index < -0.39 is 0 Å². The highest BCUT2D eigenvalue weighted by Crippen LogP contribution is 2.33. The van der Waals surface area contributed by atoms with E-state index in [1.54, 1.807) is 0 Å². The Bertz CT molecular complexity index is 1140. The second-order valence-corrected chi connectivity index (χ2v) is 9.48. The number of aromatic amines is 1. The minimum atomic E-state index is -0.251. The third kappa shape index (κ3) is 4.46. The maximum atomic E-state index is 13.4. The van der Waals surface area contributed by atoms with Crippen LogP contribution < -0.4 is 5.56 Å². The first-order valence-electron chi connectivity index (χ1n) is 12.6. The summed E-state index contributed by atoms with van der Waals surface area (Å²) in [6, 6.07) is 8.42. The van der Waals surface area contributed by atoms with E-state index in [0.29, 0.717) is 6.04 Å². The summed E-state index contributed by atoms with van der Waals surface area (Å²) < 4.78 is 2.03. The standard InChI is InChI=1S/C25H35N7O/c1-3-18-10-11-22-19(16-18)17-21(25(33)26-22)23(31-14-12-30(4-2)13-15-31)24-27-28-29-32(24)20-8-6-5-7-9-20/h10-11,16-17,20,23H,3-9,12-15H2,1-2H3,(H,26,33)/t23-/m0/s1. The molecule has 1 saturated heterocycles. The second kappa shape index (κ2) is 9.73. The largest absolute Gasteiger partial charge is 0.322 e. The number of nitrogens with zero attached hydrogens (tertiary/aromatic N) is 6. The molecule has 2 fully saturated rings. The number of hydrogen-bond acceptors (Lipinski definition) is 6. The lowest BCUT2D eigenvalue weighted by Crippen LogP contribution is -2.49. The maximum Gasteiger partial charge on any atom is 0.253 e. The Morgan fingerprint density at radius 3 is 2.58 bits per heavy atom. The predicted octanol–water partition coefficient (Wildman–Crippen LogP) is 3.31. The van der Waals surface area contributed by atoms with E-state index in [1.807, 2.05) is 10.7 Å². The molecule has 3 aromatic rings. The molecule has 2 aliphatic rings. The molecule has 0 unspecified atom stereocenters. The van der Waals surface area contributed by atoms with E-state index >= 15 is 0 Å². The van der Waals surface area contributed by atoms with Crippen LogP contribution >= 0.6 is 0 Å². The van der Waals surface area contributed by atoms with Gasteiger partial charge in [0, 0.05) is 37.3 Å². The van der Waals surface area contributed by atoms with Gasteiger partial charge in [-0.05, 0) is 65.4 Å². The average molecular weight is 450 g/mol. The highest BCUT2D eigenvalue weighted by molar-refractivity contribution is 5.80. The van der Waals surface area contributed by atoms with Crippen molar-refractivity contribution in [3.63, 3.8) is 0 Å². The molecular formula is C25H35N7O. The van der Waals surface area contributed by atoms with Crippen molar-refractivity contribution in [1.29, 1.82) is 0 Å². The summed E-state index contributed by atoms with van der Waals surface area (Å²) in [4.78, 5) is 21.4. The number of benzene rings is 1. The first-order valence-corrected chi connectivity index (χ1v) is 12.6. The number of pyridine rings is 1. The summed E-state index contributed by atoms with van der Waals surface area (Å²) in [6.45, 7) is 9.17. The third-order valence-corrected chi connectivity index (χ3v) is 7.54. The van der Waals surface area contributed by atoms with Crippen LogP contribution in [0.2, 0.25) is 0 Å². The van der Waals surface area contributed by atoms with Crippen LogP contribution in [0.25, 0.3) is 10.9 Å². The van der Waals surface area contributed by atoms with Crippen LogP contribution in [0.5, 0.6) is 0 Å². The molecule has 0 spiro atoms. The van der Waals surface area contributed by atoms with E-state index in [9.17, 15) is 4.79 Å². The van der Waals surface area contributed by atoms with Crippen LogP contribution in [0.3, 0.4) is 0 Å². The van der Waals surface area contributed by atoms with Crippen LogP contribution in [0.4, 0.5) is 0 Å². The number of piperazine rings is 1. The molecule has 176 valence electrons. The zero-order chi connectivity index (χ0) is 22.8. The van der Waals surface area contributed by atoms with Crippen molar-refractivity contribution in [3.05, 3.63) is 51.6 Å². The fourth-order valence-electron chi connectivity index (χ4n) is 5.50. The Morgan fingerprint density at radius 1 is 1.06 bits per heavy atom. The van der Waals surface area contributed by atoms with Gasteiger partial charge in [0.05, 0.1) is 6.04 Å². The minimum absolute atomic E-state index is 0.0483. The lowest BCUT2D eigenvalue weighted by atomic mass is 9.95. The molecule has 0 bridgehead atoms. The number of fused-ring (bicyclic) bond motifs is 1. The first-order chi connectivity index (χ1) is 16.2. The summed E-state index contributed by atoms with van der Waals surface area (Å²) in [5, 5.41) is 14.1. The Balaban J connectivity index is 1.60. The number of H-pyrrole nitrogens is 1. The van der Waals surface area contributed by atoms with Crippen molar-refractivity contribution in [2.45, 2.75) is 64.5 Å². The van der Waals surface area contributed by atoms with E-state index in [2.05, 4.69) is 62.4 Å². The molecule has 33 heavy (non-hydrogen) atoms. The Morgan fingerprint density at radius 2 is 1.85 bits per heavy atom. The highest BCUT2D eigenvalue weighted by atomic mass is 16.1. The number of likely N-dealkylation sites (N-methyl/N-ethyl adjacent to an activating group) is 1. The van der Waals surface area contributed by atoms with Crippen LogP contribution in [0.1, 0.15) is 75.0 Å². The molecular weight excluding hydrogens is 414 g/mol. The van der Waals surface area contributed by atoms with Crippen molar-refractivity contribution in [1.82, 2.24) is 35.0 Å². The van der Waals surface area contributed by atoms with Gasteiger partial charge in [-0.15, -0.1) is 5.10 Å². The van der Waals surface area contributed by atoms with Crippen LogP contribution in [-0.2, 0) is 6.42 Å². The fraction of sp³-hybridized carbons (Fsp3) is 0.600. The van der Waals surface area contributed by atoms with Gasteiger partial charge in [-0.25, -0.2) is 4.68 Å². The van der Waals surface area contributed by atoms with Gasteiger partial charge in [-0.1, -0.05) is 39.2 Å². The quantitative estimate of drug-likeness (QED) is 0.622. The molecule has 1 N–H and O–H groups in total. The van der Waals surface area contributed by atoms with Crippen molar-refractivity contribution >= 4 is 10.9 Å². The fourth-order valence-corrected chi connectivity index (χ4v) is 5.50. The molecule has 1 aliphatic carbocycles. The molecule has 1 aromatic carbocycles. The average Bonchev–Trinajstić information content (AvgIpc) is 3.34. The van der Waals surface area contributed by atoms with E-state index in [-0.39, 0.29) is 11.6 Å². The summed E-state index contributed by atoms with van der Waals surface area (Å²) in [5.41, 5.74) is 2.84. The van der Waals surface area contributed by atoms with E-state index in [1.165, 1.54) is 24.8 Å². The normalized spacial score (nSPS) is 19.8. The van der Waals surface area contributed by atoms with Crippen LogP contribution in [0.15, 0.2) is 29.1 Å². The lowest BCUT2D eigenvalue weighted by Gasteiger charge is -2.38. The van der Waals surface area contributed by atoms with Gasteiger partial charge in [0.25, 0.3) is 5.56 Å². The van der Waals surface area contributed by atoms with Crippen LogP contribution in [-0.4, -0.2) is 67.7 Å². The van der Waals surface area contributed by atoms with Gasteiger partial charge in [-0.2, -0.15) is 0 Å². The third-order valence-electron chi connectivity index (χ3n) is 7.54. The summed E-state index contributed by atoms with van der Waals surface area (Å²) in [6.07, 6.45) is 6.86. The molecule has 1 aliphatic heterocycles. The molecule has 3 heterocycles. The van der Waals surface area contributed by atoms with Crippen LogP contribution in [0, 0.1) is 0 Å². The summed E-state index contributed by atoms with van der Waals surface area (Å²) >= 11 is 0.